The van der Waals surface area contributed by atoms with Crippen molar-refractivity contribution in [3.05, 3.63) is 0 Å². The molecule has 116 valence electrons. The zero-order chi connectivity index (χ0) is 13.8. The Hall–Kier alpha value is -0.160. The standard InChI is InChI=1S/C16H30N2O2/c19-16-5-3-1-2-4-14(16)12-17-7-6-15(13-17)18-8-10-20-11-9-18/h14-16,19H,1-13H2. The SMILES string of the molecule is OC1CCCCCC1CN1CCC(N2CCOCC2)C1. The van der Waals surface area contributed by atoms with E-state index in [2.05, 4.69) is 9.80 Å². The van der Waals surface area contributed by atoms with Crippen LogP contribution < -0.4 is 0 Å². The molecule has 1 saturated carbocycles. The predicted octanol–water partition coefficient (Wildman–Crippen LogP) is 1.33. The van der Waals surface area contributed by atoms with Gasteiger partial charge in [-0.05, 0) is 31.7 Å². The minimum atomic E-state index is -0.0556. The highest BCUT2D eigenvalue weighted by atomic mass is 16.5. The molecular weight excluding hydrogens is 252 g/mol. The Morgan fingerprint density at radius 1 is 0.950 bits per heavy atom. The molecule has 0 bridgehead atoms. The molecule has 3 aliphatic rings. The van der Waals surface area contributed by atoms with E-state index in [4.69, 9.17) is 4.74 Å². The molecule has 3 unspecified atom stereocenters. The number of rotatable bonds is 3. The van der Waals surface area contributed by atoms with E-state index in [1.54, 1.807) is 0 Å². The minimum Gasteiger partial charge on any atom is -0.393 e. The quantitative estimate of drug-likeness (QED) is 0.792. The molecular formula is C16H30N2O2. The number of hydrogen-bond donors (Lipinski definition) is 1. The summed E-state index contributed by atoms with van der Waals surface area (Å²) in [5, 5.41) is 10.3. The van der Waals surface area contributed by atoms with Gasteiger partial charge in [-0.1, -0.05) is 19.3 Å². The van der Waals surface area contributed by atoms with Crippen molar-refractivity contribution < 1.29 is 9.84 Å². The second-order valence-electron chi connectivity index (χ2n) is 6.82. The fraction of sp³-hybridized carbons (Fsp3) is 1.00. The molecule has 1 N–H and O–H groups in total. The molecule has 0 aromatic rings. The Morgan fingerprint density at radius 2 is 1.75 bits per heavy atom. The van der Waals surface area contributed by atoms with Crippen molar-refractivity contribution in [1.82, 2.24) is 9.80 Å². The van der Waals surface area contributed by atoms with Gasteiger partial charge in [0.1, 0.15) is 0 Å². The number of morpholine rings is 1. The van der Waals surface area contributed by atoms with E-state index in [0.29, 0.717) is 5.92 Å². The van der Waals surface area contributed by atoms with Gasteiger partial charge >= 0.3 is 0 Å². The number of hydrogen-bond acceptors (Lipinski definition) is 4. The van der Waals surface area contributed by atoms with Crippen LogP contribution in [0.1, 0.15) is 38.5 Å². The van der Waals surface area contributed by atoms with Crippen molar-refractivity contribution in [3.63, 3.8) is 0 Å². The molecule has 1 aliphatic carbocycles. The Morgan fingerprint density at radius 3 is 2.60 bits per heavy atom. The third kappa shape index (κ3) is 3.73. The van der Waals surface area contributed by atoms with Crippen molar-refractivity contribution in [2.75, 3.05) is 45.9 Å². The first-order chi connectivity index (χ1) is 9.83. The van der Waals surface area contributed by atoms with Gasteiger partial charge in [0.2, 0.25) is 0 Å². The van der Waals surface area contributed by atoms with Crippen LogP contribution in [0.15, 0.2) is 0 Å². The summed E-state index contributed by atoms with van der Waals surface area (Å²) in [6.07, 6.45) is 7.31. The van der Waals surface area contributed by atoms with Gasteiger partial charge in [0.05, 0.1) is 19.3 Å². The van der Waals surface area contributed by atoms with Crippen molar-refractivity contribution in [2.24, 2.45) is 5.92 Å². The molecule has 0 aromatic heterocycles. The summed E-state index contributed by atoms with van der Waals surface area (Å²) in [6.45, 7) is 7.53. The molecule has 4 nitrogen and oxygen atoms in total. The normalized spacial score (nSPS) is 38.0. The number of aliphatic hydroxyl groups excluding tert-OH is 1. The molecule has 4 heteroatoms. The van der Waals surface area contributed by atoms with Gasteiger partial charge in [-0.2, -0.15) is 0 Å². The highest BCUT2D eigenvalue weighted by Crippen LogP contribution is 2.26. The highest BCUT2D eigenvalue weighted by molar-refractivity contribution is 4.86. The van der Waals surface area contributed by atoms with Crippen LogP contribution in [0.3, 0.4) is 0 Å². The monoisotopic (exact) mass is 282 g/mol. The van der Waals surface area contributed by atoms with Crippen molar-refractivity contribution >= 4 is 0 Å². The molecule has 2 heterocycles. The number of aliphatic hydroxyl groups is 1. The highest BCUT2D eigenvalue weighted by Gasteiger charge is 2.31. The zero-order valence-electron chi connectivity index (χ0n) is 12.7. The first-order valence-corrected chi connectivity index (χ1v) is 8.55. The fourth-order valence-electron chi connectivity index (χ4n) is 4.13. The maximum absolute atomic E-state index is 10.3. The Labute approximate surface area is 123 Å². The molecule has 0 amide bonds. The van der Waals surface area contributed by atoms with Gasteiger partial charge in [-0.25, -0.2) is 0 Å². The third-order valence-electron chi connectivity index (χ3n) is 5.42. The summed E-state index contributed by atoms with van der Waals surface area (Å²) in [4.78, 5) is 5.20. The van der Waals surface area contributed by atoms with Crippen LogP contribution >= 0.6 is 0 Å². The van der Waals surface area contributed by atoms with Crippen LogP contribution in [-0.2, 0) is 4.74 Å². The molecule has 20 heavy (non-hydrogen) atoms. The van der Waals surface area contributed by atoms with Gasteiger partial charge in [0.25, 0.3) is 0 Å². The van der Waals surface area contributed by atoms with Crippen LogP contribution in [0, 0.1) is 5.92 Å². The van der Waals surface area contributed by atoms with E-state index in [-0.39, 0.29) is 6.10 Å². The van der Waals surface area contributed by atoms with E-state index in [1.165, 1.54) is 45.2 Å². The van der Waals surface area contributed by atoms with Crippen LogP contribution in [-0.4, -0.2) is 73.0 Å². The number of ether oxygens (including phenoxy) is 1. The number of nitrogens with zero attached hydrogens (tertiary/aromatic N) is 2. The maximum atomic E-state index is 10.3. The van der Waals surface area contributed by atoms with E-state index < -0.39 is 0 Å². The summed E-state index contributed by atoms with van der Waals surface area (Å²) in [7, 11) is 0. The van der Waals surface area contributed by atoms with E-state index in [9.17, 15) is 5.11 Å². The third-order valence-corrected chi connectivity index (χ3v) is 5.42. The summed E-state index contributed by atoms with van der Waals surface area (Å²) in [6, 6.07) is 0.724. The van der Waals surface area contributed by atoms with Crippen molar-refractivity contribution in [1.29, 1.82) is 0 Å². The van der Waals surface area contributed by atoms with Crippen LogP contribution in [0.5, 0.6) is 0 Å². The summed E-state index contributed by atoms with van der Waals surface area (Å²) < 4.78 is 5.45. The Balaban J connectivity index is 1.46. The zero-order valence-corrected chi connectivity index (χ0v) is 12.7. The summed E-state index contributed by atoms with van der Waals surface area (Å²) in [5.41, 5.74) is 0. The van der Waals surface area contributed by atoms with Gasteiger partial charge in [0, 0.05) is 32.2 Å². The Kier molecular flexibility index (Phi) is 5.32. The largest absolute Gasteiger partial charge is 0.393 e. The van der Waals surface area contributed by atoms with Crippen molar-refractivity contribution in [2.45, 2.75) is 50.7 Å². The van der Waals surface area contributed by atoms with Gasteiger partial charge < -0.3 is 14.7 Å². The smallest absolute Gasteiger partial charge is 0.0594 e. The molecule has 3 rings (SSSR count). The van der Waals surface area contributed by atoms with E-state index in [1.807, 2.05) is 0 Å². The molecule has 3 fully saturated rings. The van der Waals surface area contributed by atoms with E-state index >= 15 is 0 Å². The molecule has 0 aromatic carbocycles. The average Bonchev–Trinajstić information content (AvgIpc) is 2.86. The lowest BCUT2D eigenvalue weighted by Gasteiger charge is -2.32. The molecule has 0 radical (unpaired) electrons. The molecule has 3 atom stereocenters. The first-order valence-electron chi connectivity index (χ1n) is 8.55. The molecule has 2 saturated heterocycles. The second-order valence-corrected chi connectivity index (χ2v) is 6.82. The van der Waals surface area contributed by atoms with Crippen LogP contribution in [0.2, 0.25) is 0 Å². The van der Waals surface area contributed by atoms with Crippen molar-refractivity contribution in [3.8, 4) is 0 Å². The van der Waals surface area contributed by atoms with Crippen LogP contribution in [0.4, 0.5) is 0 Å². The molecule has 0 spiro atoms. The summed E-state index contributed by atoms with van der Waals surface area (Å²) in [5.74, 6) is 0.515. The predicted molar refractivity (Wildman–Crippen MR) is 79.8 cm³/mol. The lowest BCUT2D eigenvalue weighted by atomic mass is 9.97. The molecule has 2 aliphatic heterocycles. The lowest BCUT2D eigenvalue weighted by molar-refractivity contribution is 0.0172. The fourth-order valence-corrected chi connectivity index (χ4v) is 4.13. The average molecular weight is 282 g/mol. The topological polar surface area (TPSA) is 35.9 Å². The summed E-state index contributed by atoms with van der Waals surface area (Å²) >= 11 is 0. The van der Waals surface area contributed by atoms with Gasteiger partial charge in [-0.3, -0.25) is 4.90 Å². The van der Waals surface area contributed by atoms with Gasteiger partial charge in [-0.15, -0.1) is 0 Å². The first kappa shape index (κ1) is 14.8. The van der Waals surface area contributed by atoms with E-state index in [0.717, 1.165) is 45.3 Å². The van der Waals surface area contributed by atoms with Gasteiger partial charge in [0.15, 0.2) is 0 Å². The second kappa shape index (κ2) is 7.21. The minimum absolute atomic E-state index is 0.0556. The lowest BCUT2D eigenvalue weighted by Crippen LogP contribution is -2.45. The Bertz CT molecular complexity index is 294. The number of likely N-dealkylation sites (tertiary alicyclic amines) is 1. The van der Waals surface area contributed by atoms with Crippen LogP contribution in [0.25, 0.3) is 0 Å². The maximum Gasteiger partial charge on any atom is 0.0594 e.